The maximum Gasteiger partial charge on any atom is 0.0485 e. The zero-order valence-corrected chi connectivity index (χ0v) is 8.32. The van der Waals surface area contributed by atoms with E-state index < -0.39 is 0 Å². The van der Waals surface area contributed by atoms with E-state index in [1.165, 1.54) is 10.3 Å². The molecule has 0 atom stereocenters. The average Bonchev–Trinajstić information content (AvgIpc) is 2.52. The van der Waals surface area contributed by atoms with Gasteiger partial charge in [0, 0.05) is 27.7 Å². The van der Waals surface area contributed by atoms with Crippen molar-refractivity contribution in [1.82, 2.24) is 4.98 Å². The Labute approximate surface area is 81.5 Å². The summed E-state index contributed by atoms with van der Waals surface area (Å²) in [6.07, 6.45) is 1.95. The largest absolute Gasteiger partial charge is 0.399 e. The van der Waals surface area contributed by atoms with Gasteiger partial charge >= 0.3 is 0 Å². The monoisotopic (exact) mass is 192 g/mol. The lowest BCUT2D eigenvalue weighted by atomic mass is 10.2. The van der Waals surface area contributed by atoms with Gasteiger partial charge in [-0.3, -0.25) is 0 Å². The molecule has 68 valence electrons. The van der Waals surface area contributed by atoms with Crippen LogP contribution in [0.2, 0.25) is 0 Å². The van der Waals surface area contributed by atoms with Crippen LogP contribution in [0.3, 0.4) is 0 Å². The van der Waals surface area contributed by atoms with Crippen LogP contribution in [-0.2, 0) is 0 Å². The molecule has 2 nitrogen and oxygen atoms in total. The zero-order valence-electron chi connectivity index (χ0n) is 7.50. The third-order valence-corrected chi connectivity index (χ3v) is 2.89. The molecule has 0 saturated carbocycles. The normalized spacial score (nSPS) is 10.8. The van der Waals surface area contributed by atoms with Gasteiger partial charge in [0.05, 0.1) is 0 Å². The van der Waals surface area contributed by atoms with Crippen molar-refractivity contribution < 1.29 is 0 Å². The van der Waals surface area contributed by atoms with Gasteiger partial charge in [0.25, 0.3) is 0 Å². The molecule has 0 aliphatic carbocycles. The molecule has 2 aromatic rings. The molecule has 0 fully saturated rings. The van der Waals surface area contributed by atoms with Gasteiger partial charge < -0.3 is 10.7 Å². The number of nitrogens with two attached hydrogens (primary N) is 1. The molecule has 3 heteroatoms. The van der Waals surface area contributed by atoms with Crippen LogP contribution in [0.1, 0.15) is 6.92 Å². The molecular formula is C10H12N2S. The van der Waals surface area contributed by atoms with Gasteiger partial charge in [0.1, 0.15) is 0 Å². The van der Waals surface area contributed by atoms with Crippen molar-refractivity contribution in [3.8, 4) is 0 Å². The fourth-order valence-electron chi connectivity index (χ4n) is 1.43. The number of aromatic amines is 1. The van der Waals surface area contributed by atoms with Gasteiger partial charge in [-0.2, -0.15) is 0 Å². The Hall–Kier alpha value is -1.09. The Kier molecular flexibility index (Phi) is 2.19. The molecule has 1 aromatic carbocycles. The van der Waals surface area contributed by atoms with Crippen LogP contribution in [0, 0.1) is 0 Å². The molecule has 0 amide bonds. The van der Waals surface area contributed by atoms with E-state index in [4.69, 9.17) is 5.73 Å². The predicted octanol–water partition coefficient (Wildman–Crippen LogP) is 2.86. The molecule has 2 rings (SSSR count). The van der Waals surface area contributed by atoms with Crippen molar-refractivity contribution in [3.63, 3.8) is 0 Å². The topological polar surface area (TPSA) is 41.8 Å². The first-order valence-corrected chi connectivity index (χ1v) is 5.29. The lowest BCUT2D eigenvalue weighted by Gasteiger charge is -2.02. The second-order valence-corrected chi connectivity index (χ2v) is 4.20. The molecule has 0 radical (unpaired) electrons. The molecule has 3 N–H and O–H groups in total. The molecule has 0 bridgehead atoms. The molecule has 0 unspecified atom stereocenters. The first-order valence-electron chi connectivity index (χ1n) is 4.30. The van der Waals surface area contributed by atoms with Crippen molar-refractivity contribution in [1.29, 1.82) is 0 Å². The maximum atomic E-state index is 5.78. The van der Waals surface area contributed by atoms with E-state index in [-0.39, 0.29) is 0 Å². The van der Waals surface area contributed by atoms with Crippen LogP contribution < -0.4 is 5.73 Å². The van der Waals surface area contributed by atoms with Gasteiger partial charge in [-0.05, 0) is 24.0 Å². The Balaban J connectivity index is 2.63. The number of anilines is 1. The van der Waals surface area contributed by atoms with Gasteiger partial charge in [0.15, 0.2) is 0 Å². The van der Waals surface area contributed by atoms with E-state index in [9.17, 15) is 0 Å². The molecular weight excluding hydrogens is 180 g/mol. The second kappa shape index (κ2) is 3.34. The van der Waals surface area contributed by atoms with Crippen molar-refractivity contribution in [2.45, 2.75) is 11.8 Å². The minimum absolute atomic E-state index is 0.825. The quantitative estimate of drug-likeness (QED) is 0.567. The fraction of sp³-hybridized carbons (Fsp3) is 0.200. The maximum absolute atomic E-state index is 5.78. The van der Waals surface area contributed by atoms with Crippen LogP contribution in [0.15, 0.2) is 29.3 Å². The number of hydrogen-bond acceptors (Lipinski definition) is 2. The molecule has 0 spiro atoms. The number of thioether (sulfide) groups is 1. The van der Waals surface area contributed by atoms with Crippen molar-refractivity contribution >= 4 is 28.4 Å². The lowest BCUT2D eigenvalue weighted by Crippen LogP contribution is -1.85. The van der Waals surface area contributed by atoms with Gasteiger partial charge in [-0.25, -0.2) is 0 Å². The van der Waals surface area contributed by atoms with Crippen LogP contribution in [0.25, 0.3) is 10.9 Å². The number of hydrogen-bond donors (Lipinski definition) is 2. The Morgan fingerprint density at radius 1 is 1.46 bits per heavy atom. The van der Waals surface area contributed by atoms with Crippen LogP contribution in [0.5, 0.6) is 0 Å². The number of aromatic nitrogens is 1. The number of rotatable bonds is 2. The lowest BCUT2D eigenvalue weighted by molar-refractivity contribution is 1.45. The molecule has 13 heavy (non-hydrogen) atoms. The standard InChI is InChI=1S/C10H12N2S/c1-2-13-10-6-7(11)5-9-8(10)3-4-12-9/h3-6,12H,2,11H2,1H3. The fourth-order valence-corrected chi connectivity index (χ4v) is 2.29. The van der Waals surface area contributed by atoms with Gasteiger partial charge in [0.2, 0.25) is 0 Å². The second-order valence-electron chi connectivity index (χ2n) is 2.89. The number of benzene rings is 1. The minimum atomic E-state index is 0.825. The highest BCUT2D eigenvalue weighted by atomic mass is 32.2. The van der Waals surface area contributed by atoms with Crippen molar-refractivity contribution in [2.24, 2.45) is 0 Å². The summed E-state index contributed by atoms with van der Waals surface area (Å²) in [4.78, 5) is 4.43. The highest BCUT2D eigenvalue weighted by Gasteiger charge is 2.02. The number of nitrogens with one attached hydrogen (secondary N) is 1. The summed E-state index contributed by atoms with van der Waals surface area (Å²) >= 11 is 1.82. The van der Waals surface area contributed by atoms with E-state index in [0.717, 1.165) is 17.0 Å². The van der Waals surface area contributed by atoms with Gasteiger partial charge in [-0.15, -0.1) is 11.8 Å². The summed E-state index contributed by atoms with van der Waals surface area (Å²) < 4.78 is 0. The third-order valence-electron chi connectivity index (χ3n) is 1.95. The van der Waals surface area contributed by atoms with Crippen LogP contribution in [-0.4, -0.2) is 10.7 Å². The summed E-state index contributed by atoms with van der Waals surface area (Å²) in [5.41, 5.74) is 7.73. The first kappa shape index (κ1) is 8.51. The van der Waals surface area contributed by atoms with E-state index in [1.54, 1.807) is 0 Å². The highest BCUT2D eigenvalue weighted by molar-refractivity contribution is 7.99. The smallest absolute Gasteiger partial charge is 0.0485 e. The van der Waals surface area contributed by atoms with E-state index >= 15 is 0 Å². The van der Waals surface area contributed by atoms with Crippen LogP contribution in [0.4, 0.5) is 5.69 Å². The zero-order chi connectivity index (χ0) is 9.26. The molecule has 0 aliphatic heterocycles. The number of nitrogen functional groups attached to an aromatic ring is 1. The average molecular weight is 192 g/mol. The summed E-state index contributed by atoms with van der Waals surface area (Å²) in [5, 5.41) is 1.26. The van der Waals surface area contributed by atoms with Crippen molar-refractivity contribution in [2.75, 3.05) is 11.5 Å². The molecule has 1 aromatic heterocycles. The Bertz CT molecular complexity index is 420. The predicted molar refractivity (Wildman–Crippen MR) is 59.1 cm³/mol. The summed E-state index contributed by atoms with van der Waals surface area (Å²) in [7, 11) is 0. The SMILES string of the molecule is CCSc1cc(N)cc2[nH]ccc12. The van der Waals surface area contributed by atoms with Gasteiger partial charge in [-0.1, -0.05) is 6.92 Å². The van der Waals surface area contributed by atoms with E-state index in [0.29, 0.717) is 0 Å². The van der Waals surface area contributed by atoms with Crippen molar-refractivity contribution in [3.05, 3.63) is 24.4 Å². The summed E-state index contributed by atoms with van der Waals surface area (Å²) in [6, 6.07) is 6.09. The molecule has 0 saturated heterocycles. The number of H-pyrrole nitrogens is 1. The number of fused-ring (bicyclic) bond motifs is 1. The minimum Gasteiger partial charge on any atom is -0.399 e. The Morgan fingerprint density at radius 3 is 3.08 bits per heavy atom. The van der Waals surface area contributed by atoms with E-state index in [1.807, 2.05) is 30.1 Å². The summed E-state index contributed by atoms with van der Waals surface area (Å²) in [6.45, 7) is 2.15. The first-order chi connectivity index (χ1) is 6.31. The van der Waals surface area contributed by atoms with Crippen LogP contribution >= 0.6 is 11.8 Å². The summed E-state index contributed by atoms with van der Waals surface area (Å²) in [5.74, 6) is 1.07. The van der Waals surface area contributed by atoms with E-state index in [2.05, 4.69) is 18.0 Å². The Morgan fingerprint density at radius 2 is 2.31 bits per heavy atom. The molecule has 0 aliphatic rings. The highest BCUT2D eigenvalue weighted by Crippen LogP contribution is 2.29. The molecule has 1 heterocycles. The third kappa shape index (κ3) is 1.52.